The number of amides is 1. The summed E-state index contributed by atoms with van der Waals surface area (Å²) in [6.45, 7) is 0.662. The molecule has 0 radical (unpaired) electrons. The molecular formula is C20H20ClN3O. The summed E-state index contributed by atoms with van der Waals surface area (Å²) in [5.41, 5.74) is 4.37. The van der Waals surface area contributed by atoms with E-state index in [1.165, 1.54) is 11.1 Å². The summed E-state index contributed by atoms with van der Waals surface area (Å²) in [4.78, 5) is 20.3. The third kappa shape index (κ3) is 3.40. The zero-order chi connectivity index (χ0) is 17.2. The van der Waals surface area contributed by atoms with Gasteiger partial charge in [0.25, 0.3) is 0 Å². The Labute approximate surface area is 151 Å². The van der Waals surface area contributed by atoms with Crippen LogP contribution in [0, 0.1) is 0 Å². The van der Waals surface area contributed by atoms with Gasteiger partial charge in [-0.05, 0) is 48.6 Å². The molecule has 0 saturated heterocycles. The summed E-state index contributed by atoms with van der Waals surface area (Å²) in [6, 6.07) is 13.9. The number of hydrogen-bond acceptors (Lipinski definition) is 2. The van der Waals surface area contributed by atoms with Gasteiger partial charge in [0.2, 0.25) is 5.91 Å². The van der Waals surface area contributed by atoms with Gasteiger partial charge in [0.1, 0.15) is 5.82 Å². The second kappa shape index (κ2) is 6.89. The van der Waals surface area contributed by atoms with Crippen LogP contribution < -0.4 is 5.32 Å². The highest BCUT2D eigenvalue weighted by molar-refractivity contribution is 6.31. The van der Waals surface area contributed by atoms with Crippen LogP contribution in [0.15, 0.2) is 42.5 Å². The smallest absolute Gasteiger partial charge is 0.227 e. The Hall–Kier alpha value is -2.33. The van der Waals surface area contributed by atoms with Crippen LogP contribution in [0.3, 0.4) is 0 Å². The Morgan fingerprint density at radius 1 is 1.28 bits per heavy atom. The third-order valence-corrected chi connectivity index (χ3v) is 5.07. The minimum atomic E-state index is 0.00421. The quantitative estimate of drug-likeness (QED) is 0.681. The van der Waals surface area contributed by atoms with Gasteiger partial charge in [-0.3, -0.25) is 4.79 Å². The van der Waals surface area contributed by atoms with Gasteiger partial charge >= 0.3 is 0 Å². The molecule has 0 unspecified atom stereocenters. The molecule has 25 heavy (non-hydrogen) atoms. The first-order valence-electron chi connectivity index (χ1n) is 8.70. The fourth-order valence-electron chi connectivity index (χ4n) is 3.57. The number of fused-ring (bicyclic) bond motifs is 2. The highest BCUT2D eigenvalue weighted by atomic mass is 35.5. The molecule has 4 rings (SSSR count). The lowest BCUT2D eigenvalue weighted by atomic mass is 10.0. The number of imidazole rings is 1. The molecule has 1 atom stereocenters. The molecule has 1 aliphatic carbocycles. The fraction of sp³-hybridized carbons (Fsp3) is 0.300. The van der Waals surface area contributed by atoms with Crippen LogP contribution in [0.25, 0.3) is 11.0 Å². The second-order valence-electron chi connectivity index (χ2n) is 6.53. The van der Waals surface area contributed by atoms with E-state index in [2.05, 4.69) is 27.4 Å². The number of nitrogens with zero attached hydrogens (tertiary/aromatic N) is 1. The highest BCUT2D eigenvalue weighted by Gasteiger charge is 2.27. The first-order valence-corrected chi connectivity index (χ1v) is 9.08. The number of halogens is 1. The van der Waals surface area contributed by atoms with Gasteiger partial charge in [-0.25, -0.2) is 4.98 Å². The lowest BCUT2D eigenvalue weighted by Crippen LogP contribution is -2.29. The summed E-state index contributed by atoms with van der Waals surface area (Å²) in [6.07, 6.45) is 3.56. The first-order chi connectivity index (χ1) is 12.2. The molecule has 1 heterocycles. The van der Waals surface area contributed by atoms with E-state index in [-0.39, 0.29) is 11.8 Å². The van der Waals surface area contributed by atoms with Gasteiger partial charge in [-0.1, -0.05) is 35.9 Å². The van der Waals surface area contributed by atoms with Crippen molar-refractivity contribution in [2.45, 2.75) is 31.6 Å². The van der Waals surface area contributed by atoms with Gasteiger partial charge in [0, 0.05) is 18.0 Å². The van der Waals surface area contributed by atoms with E-state index in [1.807, 2.05) is 30.3 Å². The Morgan fingerprint density at radius 2 is 2.16 bits per heavy atom. The zero-order valence-electron chi connectivity index (χ0n) is 13.9. The van der Waals surface area contributed by atoms with Crippen molar-refractivity contribution in [3.8, 4) is 0 Å². The molecule has 5 heteroatoms. The normalized spacial score (nSPS) is 16.1. The number of aryl methyl sites for hydroxylation is 2. The molecule has 0 bridgehead atoms. The molecule has 4 nitrogen and oxygen atoms in total. The maximum Gasteiger partial charge on any atom is 0.227 e. The van der Waals surface area contributed by atoms with Crippen LogP contribution in [0.4, 0.5) is 0 Å². The zero-order valence-corrected chi connectivity index (χ0v) is 14.6. The minimum Gasteiger partial charge on any atom is -0.356 e. The van der Waals surface area contributed by atoms with E-state index < -0.39 is 0 Å². The molecule has 0 spiro atoms. The molecule has 0 saturated carbocycles. The lowest BCUT2D eigenvalue weighted by Gasteiger charge is -2.12. The number of benzene rings is 2. The molecule has 0 fully saturated rings. The van der Waals surface area contributed by atoms with Crippen LogP contribution in [0.5, 0.6) is 0 Å². The van der Waals surface area contributed by atoms with E-state index in [4.69, 9.17) is 11.6 Å². The number of hydrogen-bond donors (Lipinski definition) is 2. The van der Waals surface area contributed by atoms with Crippen molar-refractivity contribution in [1.82, 2.24) is 15.3 Å². The van der Waals surface area contributed by atoms with E-state index in [0.29, 0.717) is 11.6 Å². The third-order valence-electron chi connectivity index (χ3n) is 4.83. The monoisotopic (exact) mass is 353 g/mol. The SMILES string of the molecule is O=C(NCCCc1nc2ccc(Cl)cc2[nH]1)[C@H]1CCc2ccccc21. The molecular weight excluding hydrogens is 334 g/mol. The number of carbonyl (C=O) groups excluding carboxylic acids is 1. The van der Waals surface area contributed by atoms with Gasteiger partial charge in [-0.15, -0.1) is 0 Å². The maximum atomic E-state index is 12.4. The number of rotatable bonds is 5. The summed E-state index contributed by atoms with van der Waals surface area (Å²) in [5, 5.41) is 3.78. The van der Waals surface area contributed by atoms with Gasteiger partial charge in [-0.2, -0.15) is 0 Å². The number of carbonyl (C=O) groups is 1. The number of nitrogens with one attached hydrogen (secondary N) is 2. The molecule has 128 valence electrons. The molecule has 1 aliphatic rings. The molecule has 2 N–H and O–H groups in total. The van der Waals surface area contributed by atoms with Gasteiger partial charge in [0.15, 0.2) is 0 Å². The summed E-state index contributed by atoms with van der Waals surface area (Å²) < 4.78 is 0. The van der Waals surface area contributed by atoms with Crippen LogP contribution in [0.1, 0.15) is 35.7 Å². The van der Waals surface area contributed by atoms with Gasteiger partial charge < -0.3 is 10.3 Å². The van der Waals surface area contributed by atoms with Crippen molar-refractivity contribution in [3.05, 3.63) is 64.4 Å². The Bertz CT molecular complexity index is 918. The average molecular weight is 354 g/mol. The predicted octanol–water partition coefficient (Wildman–Crippen LogP) is 4.00. The molecule has 3 aromatic rings. The van der Waals surface area contributed by atoms with E-state index >= 15 is 0 Å². The second-order valence-corrected chi connectivity index (χ2v) is 6.97. The van der Waals surface area contributed by atoms with Crippen molar-refractivity contribution >= 4 is 28.5 Å². The van der Waals surface area contributed by atoms with Crippen molar-refractivity contribution in [1.29, 1.82) is 0 Å². The number of aromatic nitrogens is 2. The molecule has 1 amide bonds. The maximum absolute atomic E-state index is 12.4. The van der Waals surface area contributed by atoms with Crippen molar-refractivity contribution in [2.75, 3.05) is 6.54 Å². The summed E-state index contributed by atoms with van der Waals surface area (Å²) >= 11 is 5.99. The molecule has 0 aliphatic heterocycles. The van der Waals surface area contributed by atoms with E-state index in [0.717, 1.165) is 42.5 Å². The minimum absolute atomic E-state index is 0.00421. The highest BCUT2D eigenvalue weighted by Crippen LogP contribution is 2.32. The average Bonchev–Trinajstić information content (AvgIpc) is 3.21. The van der Waals surface area contributed by atoms with Crippen LogP contribution in [-0.4, -0.2) is 22.4 Å². The fourth-order valence-corrected chi connectivity index (χ4v) is 3.75. The Kier molecular flexibility index (Phi) is 4.45. The van der Waals surface area contributed by atoms with Crippen molar-refractivity contribution < 1.29 is 4.79 Å². The Morgan fingerprint density at radius 3 is 3.08 bits per heavy atom. The number of aromatic amines is 1. The summed E-state index contributed by atoms with van der Waals surface area (Å²) in [7, 11) is 0. The van der Waals surface area contributed by atoms with E-state index in [1.54, 1.807) is 0 Å². The topological polar surface area (TPSA) is 57.8 Å². The molecule has 2 aromatic carbocycles. The summed E-state index contributed by atoms with van der Waals surface area (Å²) in [5.74, 6) is 1.07. The van der Waals surface area contributed by atoms with Crippen LogP contribution in [-0.2, 0) is 17.6 Å². The van der Waals surface area contributed by atoms with Crippen molar-refractivity contribution in [2.24, 2.45) is 0 Å². The molecule has 1 aromatic heterocycles. The predicted molar refractivity (Wildman–Crippen MR) is 99.9 cm³/mol. The van der Waals surface area contributed by atoms with Gasteiger partial charge in [0.05, 0.1) is 17.0 Å². The number of H-pyrrole nitrogens is 1. The standard InChI is InChI=1S/C20H20ClN3O/c21-14-8-10-17-18(12-14)24-19(23-17)6-3-11-22-20(25)16-9-7-13-4-1-2-5-15(13)16/h1-2,4-5,8,10,12,16H,3,6-7,9,11H2,(H,22,25)(H,23,24)/t16-/m0/s1. The lowest BCUT2D eigenvalue weighted by molar-refractivity contribution is -0.122. The van der Waals surface area contributed by atoms with Crippen molar-refractivity contribution in [3.63, 3.8) is 0 Å². The van der Waals surface area contributed by atoms with Crippen LogP contribution >= 0.6 is 11.6 Å². The first kappa shape index (κ1) is 16.2. The largest absolute Gasteiger partial charge is 0.356 e. The Balaban J connectivity index is 1.30. The van der Waals surface area contributed by atoms with E-state index in [9.17, 15) is 4.79 Å². The van der Waals surface area contributed by atoms with Crippen LogP contribution in [0.2, 0.25) is 5.02 Å².